The second-order valence-corrected chi connectivity index (χ2v) is 6.57. The van der Waals surface area contributed by atoms with Gasteiger partial charge in [0.25, 0.3) is 0 Å². The highest BCUT2D eigenvalue weighted by molar-refractivity contribution is 7.99. The molecule has 102 valence electrons. The van der Waals surface area contributed by atoms with Gasteiger partial charge in [-0.15, -0.1) is 0 Å². The third-order valence-corrected chi connectivity index (χ3v) is 4.88. The quantitative estimate of drug-likeness (QED) is 0.574. The van der Waals surface area contributed by atoms with Crippen molar-refractivity contribution in [2.75, 3.05) is 11.5 Å². The van der Waals surface area contributed by atoms with Gasteiger partial charge in [-0.1, -0.05) is 52.4 Å². The summed E-state index contributed by atoms with van der Waals surface area (Å²) >= 11 is 2.12. The minimum absolute atomic E-state index is 0.803. The van der Waals surface area contributed by atoms with Crippen molar-refractivity contribution in [3.05, 3.63) is 0 Å². The fraction of sp³-hybridized carbons (Fsp3) is 1.00. The van der Waals surface area contributed by atoms with E-state index in [-0.39, 0.29) is 0 Å². The Bertz CT molecular complexity index is 156. The first-order valence-corrected chi connectivity index (χ1v) is 8.86. The molecule has 0 radical (unpaired) electrons. The molecule has 1 nitrogen and oxygen atoms in total. The summed E-state index contributed by atoms with van der Waals surface area (Å²) in [6, 6.07) is 1.62. The van der Waals surface area contributed by atoms with Crippen molar-refractivity contribution in [2.45, 2.75) is 83.7 Å². The van der Waals surface area contributed by atoms with Crippen molar-refractivity contribution in [1.29, 1.82) is 0 Å². The SMILES string of the molecule is CCCCCC(CCCCC)NC1CCSC1. The third-order valence-electron chi connectivity index (χ3n) is 3.71. The van der Waals surface area contributed by atoms with Crippen LogP contribution in [0.2, 0.25) is 0 Å². The van der Waals surface area contributed by atoms with Gasteiger partial charge < -0.3 is 5.32 Å². The van der Waals surface area contributed by atoms with Crippen molar-refractivity contribution in [1.82, 2.24) is 5.32 Å². The van der Waals surface area contributed by atoms with E-state index in [2.05, 4.69) is 30.9 Å². The molecule has 1 unspecified atom stereocenters. The first-order chi connectivity index (χ1) is 8.36. The van der Waals surface area contributed by atoms with Gasteiger partial charge in [0.15, 0.2) is 0 Å². The van der Waals surface area contributed by atoms with Crippen LogP contribution < -0.4 is 5.32 Å². The van der Waals surface area contributed by atoms with Crippen LogP contribution in [0, 0.1) is 0 Å². The Balaban J connectivity index is 2.18. The van der Waals surface area contributed by atoms with Gasteiger partial charge in [0.1, 0.15) is 0 Å². The van der Waals surface area contributed by atoms with Crippen molar-refractivity contribution in [3.8, 4) is 0 Å². The number of hydrogen-bond donors (Lipinski definition) is 1. The van der Waals surface area contributed by atoms with Crippen LogP contribution in [0.1, 0.15) is 71.6 Å². The van der Waals surface area contributed by atoms with Crippen LogP contribution >= 0.6 is 11.8 Å². The molecule has 1 heterocycles. The van der Waals surface area contributed by atoms with E-state index in [1.165, 1.54) is 69.3 Å². The average molecular weight is 257 g/mol. The Morgan fingerprint density at radius 3 is 2.18 bits per heavy atom. The molecule has 0 bridgehead atoms. The van der Waals surface area contributed by atoms with Crippen LogP contribution in [0.3, 0.4) is 0 Å². The fourth-order valence-electron chi connectivity index (χ4n) is 2.59. The zero-order chi connectivity index (χ0) is 12.3. The minimum Gasteiger partial charge on any atom is -0.310 e. The van der Waals surface area contributed by atoms with Crippen molar-refractivity contribution >= 4 is 11.8 Å². The highest BCUT2D eigenvalue weighted by Gasteiger charge is 2.18. The molecule has 1 rings (SSSR count). The van der Waals surface area contributed by atoms with Crippen LogP contribution in [0.5, 0.6) is 0 Å². The predicted octanol–water partition coefficient (Wildman–Crippen LogP) is 4.61. The lowest BCUT2D eigenvalue weighted by atomic mass is 10.0. The number of hydrogen-bond acceptors (Lipinski definition) is 2. The lowest BCUT2D eigenvalue weighted by Gasteiger charge is -2.22. The summed E-state index contributed by atoms with van der Waals surface area (Å²) in [7, 11) is 0. The second-order valence-electron chi connectivity index (χ2n) is 5.42. The van der Waals surface area contributed by atoms with E-state index in [0.717, 1.165) is 12.1 Å². The summed E-state index contributed by atoms with van der Waals surface area (Å²) in [5.41, 5.74) is 0. The maximum absolute atomic E-state index is 3.91. The molecule has 0 saturated carbocycles. The third kappa shape index (κ3) is 7.35. The highest BCUT2D eigenvalue weighted by atomic mass is 32.2. The molecule has 1 N–H and O–H groups in total. The molecule has 1 atom stereocenters. The fourth-order valence-corrected chi connectivity index (χ4v) is 3.76. The normalized spacial score (nSPS) is 20.3. The van der Waals surface area contributed by atoms with Gasteiger partial charge in [0.2, 0.25) is 0 Å². The summed E-state index contributed by atoms with van der Waals surface area (Å²) in [6.45, 7) is 4.60. The standard InChI is InChI=1S/C15H31NS/c1-3-5-7-9-14(10-8-6-4-2)16-15-11-12-17-13-15/h14-16H,3-13H2,1-2H3. The lowest BCUT2D eigenvalue weighted by molar-refractivity contribution is 0.382. The average Bonchev–Trinajstić information content (AvgIpc) is 2.82. The van der Waals surface area contributed by atoms with E-state index in [1.807, 2.05) is 0 Å². The van der Waals surface area contributed by atoms with Gasteiger partial charge in [0.05, 0.1) is 0 Å². The van der Waals surface area contributed by atoms with Crippen molar-refractivity contribution in [2.24, 2.45) is 0 Å². The van der Waals surface area contributed by atoms with Gasteiger partial charge in [0, 0.05) is 17.8 Å². The Morgan fingerprint density at radius 1 is 1.06 bits per heavy atom. The summed E-state index contributed by atoms with van der Waals surface area (Å²) in [5, 5.41) is 3.91. The molecule has 1 aliphatic rings. The summed E-state index contributed by atoms with van der Waals surface area (Å²) in [4.78, 5) is 0. The molecule has 0 aromatic rings. The Labute approximate surface area is 113 Å². The van der Waals surface area contributed by atoms with E-state index in [0.29, 0.717) is 0 Å². The monoisotopic (exact) mass is 257 g/mol. The van der Waals surface area contributed by atoms with E-state index >= 15 is 0 Å². The number of thioether (sulfide) groups is 1. The molecule has 17 heavy (non-hydrogen) atoms. The number of rotatable bonds is 10. The Morgan fingerprint density at radius 2 is 1.71 bits per heavy atom. The molecule has 1 saturated heterocycles. The molecule has 0 aliphatic carbocycles. The summed E-state index contributed by atoms with van der Waals surface area (Å²) in [6.07, 6.45) is 12.5. The second kappa shape index (κ2) is 10.3. The molecule has 0 aromatic carbocycles. The van der Waals surface area contributed by atoms with Crippen molar-refractivity contribution in [3.63, 3.8) is 0 Å². The molecule has 0 amide bonds. The highest BCUT2D eigenvalue weighted by Crippen LogP contribution is 2.20. The van der Waals surface area contributed by atoms with E-state index in [1.54, 1.807) is 0 Å². The summed E-state index contributed by atoms with van der Waals surface area (Å²) in [5.74, 6) is 2.71. The van der Waals surface area contributed by atoms with Gasteiger partial charge in [-0.2, -0.15) is 11.8 Å². The first kappa shape index (κ1) is 15.4. The number of unbranched alkanes of at least 4 members (excludes halogenated alkanes) is 4. The first-order valence-electron chi connectivity index (χ1n) is 7.70. The molecular weight excluding hydrogens is 226 g/mol. The molecule has 1 aliphatic heterocycles. The molecule has 2 heteroatoms. The molecule has 0 aromatic heterocycles. The van der Waals surface area contributed by atoms with Crippen molar-refractivity contribution < 1.29 is 0 Å². The van der Waals surface area contributed by atoms with Gasteiger partial charge >= 0.3 is 0 Å². The smallest absolute Gasteiger partial charge is 0.0168 e. The van der Waals surface area contributed by atoms with E-state index < -0.39 is 0 Å². The zero-order valence-electron chi connectivity index (χ0n) is 11.8. The maximum Gasteiger partial charge on any atom is 0.0168 e. The molecular formula is C15H31NS. The Hall–Kier alpha value is 0.310. The van der Waals surface area contributed by atoms with E-state index in [9.17, 15) is 0 Å². The largest absolute Gasteiger partial charge is 0.310 e. The van der Waals surface area contributed by atoms with Gasteiger partial charge in [-0.05, 0) is 25.0 Å². The summed E-state index contributed by atoms with van der Waals surface area (Å²) < 4.78 is 0. The number of nitrogens with one attached hydrogen (secondary N) is 1. The van der Waals surface area contributed by atoms with Crippen LogP contribution in [-0.4, -0.2) is 23.6 Å². The van der Waals surface area contributed by atoms with E-state index in [4.69, 9.17) is 0 Å². The molecule has 0 spiro atoms. The lowest BCUT2D eigenvalue weighted by Crippen LogP contribution is -2.38. The van der Waals surface area contributed by atoms with Crippen LogP contribution in [-0.2, 0) is 0 Å². The maximum atomic E-state index is 3.91. The van der Waals surface area contributed by atoms with Crippen LogP contribution in [0.4, 0.5) is 0 Å². The minimum atomic E-state index is 0.803. The zero-order valence-corrected chi connectivity index (χ0v) is 12.7. The topological polar surface area (TPSA) is 12.0 Å². The molecule has 1 fully saturated rings. The van der Waals surface area contributed by atoms with Gasteiger partial charge in [-0.3, -0.25) is 0 Å². The van der Waals surface area contributed by atoms with Gasteiger partial charge in [-0.25, -0.2) is 0 Å². The van der Waals surface area contributed by atoms with Crippen LogP contribution in [0.25, 0.3) is 0 Å². The van der Waals surface area contributed by atoms with Crippen LogP contribution in [0.15, 0.2) is 0 Å². The Kier molecular flexibility index (Phi) is 9.27. The predicted molar refractivity (Wildman–Crippen MR) is 80.9 cm³/mol.